The average molecular weight is 756 g/mol. The summed E-state index contributed by atoms with van der Waals surface area (Å²) in [6, 6.07) is -4.76. The van der Waals surface area contributed by atoms with Gasteiger partial charge in [0.2, 0.25) is 17.6 Å². The number of amides is 6. The molecule has 6 atom stereocenters. The van der Waals surface area contributed by atoms with Crippen molar-refractivity contribution in [2.45, 2.75) is 113 Å². The maximum absolute atomic E-state index is 14.3. The van der Waals surface area contributed by atoms with Crippen LogP contribution in [0, 0.1) is 28.1 Å². The third-order valence-corrected chi connectivity index (χ3v) is 11.5. The number of hydrogen-bond donors (Lipinski definition) is 4. The minimum Gasteiger partial charge on any atom is -0.443 e. The van der Waals surface area contributed by atoms with E-state index in [9.17, 15) is 37.2 Å². The second kappa shape index (κ2) is 15.7. The molecule has 2 aliphatic rings. The van der Waals surface area contributed by atoms with Crippen molar-refractivity contribution in [2.24, 2.45) is 28.1 Å². The van der Waals surface area contributed by atoms with Gasteiger partial charge in [-0.2, -0.15) is 17.0 Å². The van der Waals surface area contributed by atoms with Gasteiger partial charge in [-0.1, -0.05) is 61.5 Å². The molecule has 1 heterocycles. The topological polar surface area (TPSA) is 204 Å². The van der Waals surface area contributed by atoms with Crippen LogP contribution < -0.4 is 21.3 Å². The van der Waals surface area contributed by atoms with E-state index >= 15 is 0 Å². The van der Waals surface area contributed by atoms with Crippen molar-refractivity contribution in [2.75, 3.05) is 33.7 Å². The van der Waals surface area contributed by atoms with Crippen molar-refractivity contribution in [1.82, 2.24) is 34.8 Å². The largest absolute Gasteiger partial charge is 0.443 e. The number of hydrogen-bond acceptors (Lipinski definition) is 9. The maximum atomic E-state index is 14.3. The highest BCUT2D eigenvalue weighted by Gasteiger charge is 2.70. The summed E-state index contributed by atoms with van der Waals surface area (Å²) in [4.78, 5) is 80.6. The lowest BCUT2D eigenvalue weighted by atomic mass is 9.85. The van der Waals surface area contributed by atoms with Crippen molar-refractivity contribution in [1.29, 1.82) is 0 Å². The quantitative estimate of drug-likeness (QED) is 0.160. The number of ketones is 1. The molecule has 2 fully saturated rings. The van der Waals surface area contributed by atoms with Gasteiger partial charge in [0.25, 0.3) is 5.91 Å². The van der Waals surface area contributed by atoms with E-state index in [0.29, 0.717) is 4.31 Å². The van der Waals surface area contributed by atoms with E-state index in [0.717, 1.165) is 11.4 Å². The van der Waals surface area contributed by atoms with Crippen LogP contribution >= 0.6 is 0 Å². The van der Waals surface area contributed by atoms with Crippen LogP contribution in [0.3, 0.4) is 0 Å². The Morgan fingerprint density at radius 2 is 1.50 bits per heavy atom. The highest BCUT2D eigenvalue weighted by atomic mass is 32.2. The predicted octanol–water partition coefficient (Wildman–Crippen LogP) is 2.02. The Hall–Kier alpha value is -3.73. The molecule has 0 spiro atoms. The van der Waals surface area contributed by atoms with E-state index in [1.165, 1.54) is 24.9 Å². The Bertz CT molecular complexity index is 1530. The van der Waals surface area contributed by atoms with Crippen LogP contribution in [0.15, 0.2) is 12.7 Å². The van der Waals surface area contributed by atoms with Gasteiger partial charge in [0.15, 0.2) is 0 Å². The first-order valence-electron chi connectivity index (χ1n) is 17.4. The highest BCUT2D eigenvalue weighted by Crippen LogP contribution is 2.65. The number of Topliss-reactive ketones (excluding diaryl/α,β-unsaturated/α-hetero) is 1. The van der Waals surface area contributed by atoms with Gasteiger partial charge in [-0.05, 0) is 55.8 Å². The normalized spacial score (nSPS) is 21.5. The second-order valence-corrected chi connectivity index (χ2v) is 19.6. The Morgan fingerprint density at radius 3 is 1.98 bits per heavy atom. The van der Waals surface area contributed by atoms with Crippen molar-refractivity contribution in [3.8, 4) is 0 Å². The molecule has 1 unspecified atom stereocenters. The molecule has 4 N–H and O–H groups in total. The van der Waals surface area contributed by atoms with Gasteiger partial charge >= 0.3 is 22.3 Å². The fourth-order valence-corrected chi connectivity index (χ4v) is 7.27. The molecule has 17 heteroatoms. The minimum absolute atomic E-state index is 0.00473. The van der Waals surface area contributed by atoms with Crippen LogP contribution in [0.1, 0.15) is 83.1 Å². The number of likely N-dealkylation sites (N-methyl/N-ethyl adjacent to an activating group) is 1. The fourth-order valence-electron chi connectivity index (χ4n) is 6.29. The van der Waals surface area contributed by atoms with E-state index in [-0.39, 0.29) is 36.9 Å². The number of urea groups is 1. The van der Waals surface area contributed by atoms with Gasteiger partial charge in [0, 0.05) is 39.8 Å². The lowest BCUT2D eigenvalue weighted by Gasteiger charge is -2.39. The molecule has 0 aromatic carbocycles. The van der Waals surface area contributed by atoms with Gasteiger partial charge in [-0.15, -0.1) is 6.58 Å². The average Bonchev–Trinajstić information content (AvgIpc) is 3.30. The van der Waals surface area contributed by atoms with E-state index in [1.807, 2.05) is 13.8 Å². The lowest BCUT2D eigenvalue weighted by molar-refractivity contribution is -0.145. The van der Waals surface area contributed by atoms with Crippen molar-refractivity contribution < 1.29 is 41.9 Å². The first-order chi connectivity index (χ1) is 23.4. The predicted molar refractivity (Wildman–Crippen MR) is 196 cm³/mol. The third-order valence-electron chi connectivity index (χ3n) is 9.71. The van der Waals surface area contributed by atoms with Crippen LogP contribution in [0.4, 0.5) is 9.59 Å². The third kappa shape index (κ3) is 10.4. The number of nitrogens with one attached hydrogen (secondary N) is 4. The molecular weight excluding hydrogens is 694 g/mol. The summed E-state index contributed by atoms with van der Waals surface area (Å²) in [5.74, 6) is -2.98. The molecule has 1 saturated heterocycles. The highest BCUT2D eigenvalue weighted by molar-refractivity contribution is 7.87. The number of piperidine rings is 1. The Kier molecular flexibility index (Phi) is 13.4. The molecule has 0 bridgehead atoms. The van der Waals surface area contributed by atoms with Crippen LogP contribution in [0.5, 0.6) is 0 Å². The molecule has 16 nitrogen and oxygen atoms in total. The number of nitrogens with zero attached hydrogens (tertiary/aromatic N) is 3. The Balaban J connectivity index is 2.29. The Labute approximate surface area is 309 Å². The summed E-state index contributed by atoms with van der Waals surface area (Å²) in [6.45, 7) is 24.6. The van der Waals surface area contributed by atoms with Crippen LogP contribution in [-0.4, -0.2) is 121 Å². The molecule has 1 saturated carbocycles. The van der Waals surface area contributed by atoms with E-state index < -0.39 is 86.4 Å². The fraction of sp³-hybridized carbons (Fsp3) is 0.771. The summed E-state index contributed by atoms with van der Waals surface area (Å²) in [5.41, 5.74) is -2.70. The number of ether oxygens (including phenoxy) is 1. The number of fused-ring (bicyclic) bond motifs is 1. The molecule has 0 aromatic heterocycles. The Morgan fingerprint density at radius 1 is 0.942 bits per heavy atom. The summed E-state index contributed by atoms with van der Waals surface area (Å²) >= 11 is 0. The number of rotatable bonds is 13. The van der Waals surface area contributed by atoms with Crippen molar-refractivity contribution in [3.63, 3.8) is 0 Å². The van der Waals surface area contributed by atoms with Crippen molar-refractivity contribution in [3.05, 3.63) is 12.7 Å². The molecule has 1 aliphatic heterocycles. The van der Waals surface area contributed by atoms with Crippen molar-refractivity contribution >= 4 is 45.8 Å². The standard InChI is InChI=1S/C35H61N7O9S/c1-16-17-36-28(45)25(43)20(2)37-27(44)24-23-21(35(23,12)13)18-42(24)29(46)26(33(6,7)8)39-30(47)38-22(32(3,4)5)19-40(14)52(49,50)41(15)31(48)51-34(9,10)11/h16,20-24,26H,1,17-19H2,2-15H3,(H,36,45)(H,37,44)(H2,38,39,47)/t20?,21-,22+,23-,24-,26+/m0/s1. The molecule has 1 aliphatic carbocycles. The molecular formula is C35H61N7O9S. The van der Waals surface area contributed by atoms with Gasteiger partial charge in [0.05, 0.1) is 6.04 Å². The zero-order valence-electron chi connectivity index (χ0n) is 33.3. The van der Waals surface area contributed by atoms with Gasteiger partial charge in [-0.25, -0.2) is 9.59 Å². The first-order valence-corrected chi connectivity index (χ1v) is 18.8. The van der Waals surface area contributed by atoms with Gasteiger partial charge in [-0.3, -0.25) is 19.2 Å². The zero-order valence-corrected chi connectivity index (χ0v) is 34.1. The number of carbonyl (C=O) groups excluding carboxylic acids is 6. The second-order valence-electron chi connectivity index (χ2n) is 17.6. The summed E-state index contributed by atoms with van der Waals surface area (Å²) in [5, 5.41) is 10.6. The van der Waals surface area contributed by atoms with Gasteiger partial charge < -0.3 is 30.9 Å². The SMILES string of the molecule is C=CCNC(=O)C(=O)C(C)NC(=O)[C@@H]1[C@@H]2[C@H](CN1C(=O)[C@@H](NC(=O)N[C@H](CN(C)S(=O)(=O)N(C)C(=O)OC(C)(C)C)C(C)(C)C)C(C)(C)C)C2(C)C. The minimum atomic E-state index is -4.35. The van der Waals surface area contributed by atoms with Crippen LogP contribution in [-0.2, 0) is 34.1 Å². The maximum Gasteiger partial charge on any atom is 0.424 e. The monoisotopic (exact) mass is 755 g/mol. The molecule has 0 aromatic rings. The molecule has 6 amide bonds. The van der Waals surface area contributed by atoms with E-state index in [4.69, 9.17) is 4.74 Å². The molecule has 2 rings (SSSR count). The molecule has 52 heavy (non-hydrogen) atoms. The van der Waals surface area contributed by atoms with E-state index in [1.54, 1.807) is 62.3 Å². The lowest BCUT2D eigenvalue weighted by Crippen LogP contribution is -2.62. The first kappa shape index (κ1) is 44.4. The summed E-state index contributed by atoms with van der Waals surface area (Å²) < 4.78 is 33.2. The number of carbonyl (C=O) groups is 6. The molecule has 296 valence electrons. The van der Waals surface area contributed by atoms with Crippen LogP contribution in [0.2, 0.25) is 0 Å². The molecule has 0 radical (unpaired) electrons. The smallest absolute Gasteiger partial charge is 0.424 e. The zero-order chi connectivity index (χ0) is 40.5. The van der Waals surface area contributed by atoms with E-state index in [2.05, 4.69) is 27.8 Å². The summed E-state index contributed by atoms with van der Waals surface area (Å²) in [6.07, 6.45) is 0.361. The summed E-state index contributed by atoms with van der Waals surface area (Å²) in [7, 11) is -1.98. The van der Waals surface area contributed by atoms with Crippen LogP contribution in [0.25, 0.3) is 0 Å². The van der Waals surface area contributed by atoms with Gasteiger partial charge in [0.1, 0.15) is 17.7 Å². The number of likely N-dealkylation sites (tertiary alicyclic amines) is 1.